The minimum atomic E-state index is -4.60. The number of phenols is 1. The Morgan fingerprint density at radius 3 is 2.43 bits per heavy atom. The smallest absolute Gasteiger partial charge is 0.401 e. The average molecular weight is 814 g/mol. The van der Waals surface area contributed by atoms with Gasteiger partial charge in [0.2, 0.25) is 0 Å². The molecule has 2 bridgehead atoms. The van der Waals surface area contributed by atoms with Crippen LogP contribution in [0.3, 0.4) is 0 Å². The van der Waals surface area contributed by atoms with Crippen molar-refractivity contribution < 1.29 is 45.3 Å². The van der Waals surface area contributed by atoms with Crippen molar-refractivity contribution >= 4 is 38.4 Å². The Morgan fingerprint density at radius 1 is 1.07 bits per heavy atom. The SMILES string of the molecule is C#Cc1c(F)ccc2cc(O)cc(-c3c(F)c4nc(OC[C@]5(CN(CC)CC(F)(F)F)CC5(F)F)nc(N5C6CCC5CN(CCCOC)C6)c4c4cn(C)nc34)c12. The normalized spacial score (nSPS) is 21.8. The number of nitrogens with zero attached hydrogens (tertiary/aromatic N) is 7. The second kappa shape index (κ2) is 14.7. The van der Waals surface area contributed by atoms with Crippen LogP contribution in [0.25, 0.3) is 43.7 Å². The third-order valence-electron chi connectivity index (χ3n) is 11.8. The lowest BCUT2D eigenvalue weighted by molar-refractivity contribution is -0.149. The Bertz CT molecular complexity index is 2440. The van der Waals surface area contributed by atoms with Crippen molar-refractivity contribution in [2.75, 3.05) is 64.5 Å². The van der Waals surface area contributed by atoms with Gasteiger partial charge in [-0.25, -0.2) is 17.6 Å². The van der Waals surface area contributed by atoms with Crippen LogP contribution >= 0.6 is 0 Å². The Kier molecular flexibility index (Phi) is 10.1. The molecule has 1 N–H and O–H groups in total. The zero-order chi connectivity index (χ0) is 41.3. The fourth-order valence-corrected chi connectivity index (χ4v) is 9.04. The highest BCUT2D eigenvalue weighted by Crippen LogP contribution is 2.61. The van der Waals surface area contributed by atoms with E-state index in [1.807, 2.05) is 0 Å². The van der Waals surface area contributed by atoms with E-state index in [0.717, 1.165) is 36.8 Å². The van der Waals surface area contributed by atoms with Gasteiger partial charge in [0.05, 0.1) is 22.9 Å². The summed E-state index contributed by atoms with van der Waals surface area (Å²) >= 11 is 0. The molecule has 1 saturated carbocycles. The largest absolute Gasteiger partial charge is 0.508 e. The highest BCUT2D eigenvalue weighted by atomic mass is 19.4. The Morgan fingerprint density at radius 2 is 1.79 bits per heavy atom. The molecule has 308 valence electrons. The molecule has 10 nitrogen and oxygen atoms in total. The fraction of sp³-hybridized carbons (Fsp3) is 0.488. The lowest BCUT2D eigenvalue weighted by Gasteiger charge is -2.42. The van der Waals surface area contributed by atoms with Crippen LogP contribution in [0.15, 0.2) is 30.5 Å². The molecule has 1 aliphatic carbocycles. The van der Waals surface area contributed by atoms with Gasteiger partial charge in [-0.3, -0.25) is 14.5 Å². The van der Waals surface area contributed by atoms with Crippen LogP contribution in [-0.2, 0) is 11.8 Å². The summed E-state index contributed by atoms with van der Waals surface area (Å²) in [7, 11) is 3.30. The maximum atomic E-state index is 17.8. The van der Waals surface area contributed by atoms with E-state index in [1.165, 1.54) is 29.8 Å². The summed E-state index contributed by atoms with van der Waals surface area (Å²) < 4.78 is 116. The standard InChI is InChI=1S/C41H42F7N7O3/c1-5-27-30(42)11-8-23-14-26(56)15-28(31(23)27)32-34(43)36-33(29-18-52(3)51-35(29)32)37(55-24-9-10-25(55)17-54(16-24)12-7-13-57-4)50-38(49-36)58-22-39(19-40(39,44)45)20-53(6-2)21-41(46,47)48/h1,8,11,14-15,18,24-25,56H,6-7,9-10,12-13,16-17,19-22H2,2-4H3/t24?,25?,39-/m1/s1. The van der Waals surface area contributed by atoms with E-state index in [0.29, 0.717) is 36.3 Å². The number of benzene rings is 3. The Balaban J connectivity index is 1.31. The number of terminal acetylenes is 1. The zero-order valence-corrected chi connectivity index (χ0v) is 32.1. The van der Waals surface area contributed by atoms with Crippen molar-refractivity contribution in [3.63, 3.8) is 0 Å². The highest BCUT2D eigenvalue weighted by molar-refractivity contribution is 6.18. The maximum Gasteiger partial charge on any atom is 0.401 e. The van der Waals surface area contributed by atoms with Crippen molar-refractivity contribution in [2.24, 2.45) is 12.5 Å². The summed E-state index contributed by atoms with van der Waals surface area (Å²) in [4.78, 5) is 14.7. The van der Waals surface area contributed by atoms with Gasteiger partial charge < -0.3 is 19.5 Å². The van der Waals surface area contributed by atoms with Gasteiger partial charge in [-0.1, -0.05) is 18.9 Å². The van der Waals surface area contributed by atoms with Gasteiger partial charge in [0.1, 0.15) is 35.0 Å². The molecule has 3 aliphatic rings. The number of hydrogen-bond donors (Lipinski definition) is 1. The van der Waals surface area contributed by atoms with E-state index < -0.39 is 61.3 Å². The van der Waals surface area contributed by atoms with Crippen LogP contribution < -0.4 is 9.64 Å². The first kappa shape index (κ1) is 39.9. The van der Waals surface area contributed by atoms with Crippen LogP contribution in [0.5, 0.6) is 11.8 Å². The van der Waals surface area contributed by atoms with Crippen LogP contribution in [-0.4, -0.2) is 118 Å². The molecule has 4 heterocycles. The van der Waals surface area contributed by atoms with E-state index in [9.17, 15) is 18.3 Å². The van der Waals surface area contributed by atoms with Crippen molar-refractivity contribution in [1.82, 2.24) is 29.5 Å². The molecular formula is C41H42F7N7O3. The quantitative estimate of drug-likeness (QED) is 0.0749. The number of fused-ring (bicyclic) bond motifs is 6. The molecule has 5 aromatic rings. The summed E-state index contributed by atoms with van der Waals surface area (Å²) in [6, 6.07) is 4.63. The third-order valence-corrected chi connectivity index (χ3v) is 11.8. The number of rotatable bonds is 13. The summed E-state index contributed by atoms with van der Waals surface area (Å²) in [5.74, 6) is -2.60. The summed E-state index contributed by atoms with van der Waals surface area (Å²) in [6.07, 6.45) is 4.54. The molecule has 2 saturated heterocycles. The molecular weight excluding hydrogens is 771 g/mol. The summed E-state index contributed by atoms with van der Waals surface area (Å²) in [6.45, 7) is 1.36. The summed E-state index contributed by atoms with van der Waals surface area (Å²) in [5, 5.41) is 16.7. The fourth-order valence-electron chi connectivity index (χ4n) is 9.04. The highest BCUT2D eigenvalue weighted by Gasteiger charge is 2.72. The first-order valence-corrected chi connectivity index (χ1v) is 19.1. The molecule has 3 aromatic carbocycles. The number of alkyl halides is 5. The molecule has 0 amide bonds. The van der Waals surface area contributed by atoms with Crippen molar-refractivity contribution in [1.29, 1.82) is 0 Å². The molecule has 8 rings (SSSR count). The monoisotopic (exact) mass is 813 g/mol. The summed E-state index contributed by atoms with van der Waals surface area (Å²) in [5.41, 5.74) is -2.34. The van der Waals surface area contributed by atoms with Gasteiger partial charge in [-0.15, -0.1) is 6.42 Å². The minimum Gasteiger partial charge on any atom is -0.508 e. The number of aromatic nitrogens is 4. The zero-order valence-electron chi connectivity index (χ0n) is 32.1. The number of methoxy groups -OCH3 is 1. The van der Waals surface area contributed by atoms with E-state index >= 15 is 17.6 Å². The number of aryl methyl sites for hydroxylation is 1. The molecule has 2 aromatic heterocycles. The van der Waals surface area contributed by atoms with Gasteiger partial charge in [-0.2, -0.15) is 28.2 Å². The lowest BCUT2D eigenvalue weighted by atomic mass is 9.91. The lowest BCUT2D eigenvalue weighted by Crippen LogP contribution is -2.54. The number of piperazine rings is 1. The predicted molar refractivity (Wildman–Crippen MR) is 204 cm³/mol. The van der Waals surface area contributed by atoms with Crippen LogP contribution in [0, 0.1) is 29.4 Å². The van der Waals surface area contributed by atoms with E-state index in [4.69, 9.17) is 20.9 Å². The number of ether oxygens (including phenoxy) is 2. The van der Waals surface area contributed by atoms with E-state index in [2.05, 4.69) is 25.8 Å². The molecule has 0 spiro atoms. The molecule has 3 fully saturated rings. The molecule has 2 aliphatic heterocycles. The first-order chi connectivity index (χ1) is 27.6. The third kappa shape index (κ3) is 7.02. The number of likely N-dealkylation sites (tertiary alicyclic amines) is 1. The number of anilines is 1. The van der Waals surface area contributed by atoms with Gasteiger partial charge >= 0.3 is 12.2 Å². The van der Waals surface area contributed by atoms with Crippen molar-refractivity contribution in [3.05, 3.63) is 47.7 Å². The second-order valence-corrected chi connectivity index (χ2v) is 15.7. The molecule has 17 heteroatoms. The number of phenolic OH excluding ortho intramolecular Hbond substituents is 1. The molecule has 58 heavy (non-hydrogen) atoms. The van der Waals surface area contributed by atoms with Gasteiger partial charge in [0.15, 0.2) is 5.82 Å². The molecule has 0 radical (unpaired) electrons. The first-order valence-electron chi connectivity index (χ1n) is 19.1. The minimum absolute atomic E-state index is 0.0406. The average Bonchev–Trinajstić information content (AvgIpc) is 3.34. The van der Waals surface area contributed by atoms with Gasteiger partial charge in [0.25, 0.3) is 5.92 Å². The van der Waals surface area contributed by atoms with Crippen molar-refractivity contribution in [2.45, 2.75) is 56.8 Å². The Hall–Kier alpha value is -4.92. The van der Waals surface area contributed by atoms with Gasteiger partial charge in [0, 0.05) is 88.0 Å². The van der Waals surface area contributed by atoms with Crippen molar-refractivity contribution in [3.8, 4) is 35.2 Å². The topological polar surface area (TPSA) is 92.0 Å². The van der Waals surface area contributed by atoms with Crippen LogP contribution in [0.2, 0.25) is 0 Å². The molecule has 3 atom stereocenters. The number of halogens is 7. The maximum absolute atomic E-state index is 17.8. The van der Waals surface area contributed by atoms with E-state index in [1.54, 1.807) is 20.4 Å². The molecule has 2 unspecified atom stereocenters. The number of hydrogen-bond acceptors (Lipinski definition) is 9. The van der Waals surface area contributed by atoms with Gasteiger partial charge in [-0.05, 0) is 55.0 Å². The van der Waals surface area contributed by atoms with Crippen LogP contribution in [0.1, 0.15) is 38.2 Å². The number of aromatic hydroxyl groups is 1. The van der Waals surface area contributed by atoms with E-state index in [-0.39, 0.29) is 62.9 Å². The predicted octanol–water partition coefficient (Wildman–Crippen LogP) is 7.28. The second-order valence-electron chi connectivity index (χ2n) is 15.7. The Labute approximate surface area is 329 Å². The van der Waals surface area contributed by atoms with Crippen LogP contribution in [0.4, 0.5) is 36.6 Å².